The molecule has 0 unspecified atom stereocenters. The Morgan fingerprint density at radius 1 is 0.846 bits per heavy atom. The van der Waals surface area contributed by atoms with Gasteiger partial charge in [0.2, 0.25) is 0 Å². The van der Waals surface area contributed by atoms with Crippen LogP contribution in [0.15, 0.2) is 24.3 Å². The normalized spacial score (nSPS) is 13.3. The van der Waals surface area contributed by atoms with E-state index in [1.54, 1.807) is 40.4 Å². The Bertz CT molecular complexity index is 847. The SMILES string of the molecule is COc1ccc(-c2c(OC)c(OC)cc3c2C(=O)N(C)CC3)cc1OC. The highest BCUT2D eigenvalue weighted by molar-refractivity contribution is 6.05. The first-order chi connectivity index (χ1) is 12.5. The number of fused-ring (bicyclic) bond motifs is 1. The van der Waals surface area contributed by atoms with E-state index in [1.165, 1.54) is 0 Å². The summed E-state index contributed by atoms with van der Waals surface area (Å²) in [5, 5.41) is 0. The molecule has 6 nitrogen and oxygen atoms in total. The molecular formula is C20H23NO5. The largest absolute Gasteiger partial charge is 0.493 e. The van der Waals surface area contributed by atoms with Crippen molar-refractivity contribution in [1.29, 1.82) is 0 Å². The van der Waals surface area contributed by atoms with Gasteiger partial charge in [-0.25, -0.2) is 0 Å². The van der Waals surface area contributed by atoms with Gasteiger partial charge in [-0.05, 0) is 35.7 Å². The quantitative estimate of drug-likeness (QED) is 0.823. The molecule has 6 heteroatoms. The third-order valence-corrected chi connectivity index (χ3v) is 4.70. The lowest BCUT2D eigenvalue weighted by Gasteiger charge is -2.29. The maximum Gasteiger partial charge on any atom is 0.254 e. The van der Waals surface area contributed by atoms with Crippen molar-refractivity contribution >= 4 is 5.91 Å². The van der Waals surface area contributed by atoms with Crippen molar-refractivity contribution in [2.45, 2.75) is 6.42 Å². The number of rotatable bonds is 5. The van der Waals surface area contributed by atoms with Crippen molar-refractivity contribution in [3.8, 4) is 34.1 Å². The van der Waals surface area contributed by atoms with E-state index >= 15 is 0 Å². The molecule has 0 aliphatic carbocycles. The highest BCUT2D eigenvalue weighted by atomic mass is 16.5. The predicted molar refractivity (Wildman–Crippen MR) is 98.8 cm³/mol. The Morgan fingerprint density at radius 3 is 2.15 bits per heavy atom. The molecule has 0 saturated carbocycles. The van der Waals surface area contributed by atoms with Gasteiger partial charge in [0.15, 0.2) is 23.0 Å². The number of benzene rings is 2. The number of likely N-dealkylation sites (N-methyl/N-ethyl adjacent to an activating group) is 1. The molecule has 138 valence electrons. The molecule has 2 aromatic carbocycles. The zero-order chi connectivity index (χ0) is 18.8. The summed E-state index contributed by atoms with van der Waals surface area (Å²) in [6.07, 6.45) is 0.762. The molecule has 3 rings (SSSR count). The summed E-state index contributed by atoms with van der Waals surface area (Å²) in [5.41, 5.74) is 3.11. The Labute approximate surface area is 153 Å². The van der Waals surface area contributed by atoms with E-state index in [2.05, 4.69) is 0 Å². The van der Waals surface area contributed by atoms with E-state index in [1.807, 2.05) is 24.3 Å². The van der Waals surface area contributed by atoms with Crippen LogP contribution < -0.4 is 18.9 Å². The lowest BCUT2D eigenvalue weighted by atomic mass is 9.89. The third kappa shape index (κ3) is 2.81. The fourth-order valence-corrected chi connectivity index (χ4v) is 3.34. The Hall–Kier alpha value is -2.89. The predicted octanol–water partition coefficient (Wildman–Crippen LogP) is 3.02. The molecule has 0 aromatic heterocycles. The molecule has 0 atom stereocenters. The highest BCUT2D eigenvalue weighted by Crippen LogP contribution is 2.45. The van der Waals surface area contributed by atoms with E-state index in [9.17, 15) is 4.79 Å². The minimum atomic E-state index is -0.0306. The van der Waals surface area contributed by atoms with Gasteiger partial charge in [0.1, 0.15) is 0 Å². The van der Waals surface area contributed by atoms with Crippen molar-refractivity contribution in [3.05, 3.63) is 35.4 Å². The van der Waals surface area contributed by atoms with Crippen LogP contribution in [0.1, 0.15) is 15.9 Å². The molecule has 1 heterocycles. The molecule has 0 N–H and O–H groups in total. The molecular weight excluding hydrogens is 334 g/mol. The third-order valence-electron chi connectivity index (χ3n) is 4.70. The lowest BCUT2D eigenvalue weighted by Crippen LogP contribution is -2.34. The number of nitrogens with zero attached hydrogens (tertiary/aromatic N) is 1. The Morgan fingerprint density at radius 2 is 1.54 bits per heavy atom. The van der Waals surface area contributed by atoms with Crippen molar-refractivity contribution in [2.24, 2.45) is 0 Å². The van der Waals surface area contributed by atoms with Crippen LogP contribution in [0.2, 0.25) is 0 Å². The maximum atomic E-state index is 12.9. The molecule has 0 saturated heterocycles. The molecule has 1 amide bonds. The van der Waals surface area contributed by atoms with Gasteiger partial charge >= 0.3 is 0 Å². The monoisotopic (exact) mass is 357 g/mol. The van der Waals surface area contributed by atoms with Crippen LogP contribution in [0.25, 0.3) is 11.1 Å². The van der Waals surface area contributed by atoms with Crippen LogP contribution in [0, 0.1) is 0 Å². The van der Waals surface area contributed by atoms with Gasteiger partial charge in [-0.15, -0.1) is 0 Å². The molecule has 0 radical (unpaired) electrons. The zero-order valence-electron chi connectivity index (χ0n) is 15.7. The van der Waals surface area contributed by atoms with Gasteiger partial charge in [0.05, 0.1) is 34.0 Å². The number of carbonyl (C=O) groups is 1. The molecule has 1 aliphatic rings. The van der Waals surface area contributed by atoms with Crippen molar-refractivity contribution in [1.82, 2.24) is 4.90 Å². The topological polar surface area (TPSA) is 57.2 Å². The highest BCUT2D eigenvalue weighted by Gasteiger charge is 2.30. The summed E-state index contributed by atoms with van der Waals surface area (Å²) in [7, 11) is 8.15. The number of hydrogen-bond acceptors (Lipinski definition) is 5. The molecule has 26 heavy (non-hydrogen) atoms. The molecule has 0 fully saturated rings. The average molecular weight is 357 g/mol. The van der Waals surface area contributed by atoms with Crippen molar-refractivity contribution < 1.29 is 23.7 Å². The van der Waals surface area contributed by atoms with Crippen molar-refractivity contribution in [3.63, 3.8) is 0 Å². The average Bonchev–Trinajstić information content (AvgIpc) is 2.68. The number of ether oxygens (including phenoxy) is 4. The molecule has 0 bridgehead atoms. The summed E-state index contributed by atoms with van der Waals surface area (Å²) in [4.78, 5) is 14.7. The van der Waals surface area contributed by atoms with E-state index in [0.717, 1.165) is 17.5 Å². The first kappa shape index (κ1) is 17.9. The first-order valence-corrected chi connectivity index (χ1v) is 8.31. The van der Waals surface area contributed by atoms with Gasteiger partial charge < -0.3 is 23.8 Å². The maximum absolute atomic E-state index is 12.9. The van der Waals surface area contributed by atoms with Gasteiger partial charge in [-0.2, -0.15) is 0 Å². The standard InChI is InChI=1S/C20H23NO5/c1-21-9-8-13-11-16(25-4)19(26-5)17(18(13)20(21)22)12-6-7-14(23-2)15(10-12)24-3/h6-7,10-11H,8-9H2,1-5H3. The van der Waals surface area contributed by atoms with Crippen LogP contribution >= 0.6 is 0 Å². The summed E-state index contributed by atoms with van der Waals surface area (Å²) in [5.74, 6) is 2.31. The second-order valence-electron chi connectivity index (χ2n) is 6.07. The van der Waals surface area contributed by atoms with E-state index in [-0.39, 0.29) is 5.91 Å². The minimum absolute atomic E-state index is 0.0306. The van der Waals surface area contributed by atoms with Crippen LogP contribution in [0.5, 0.6) is 23.0 Å². The van der Waals surface area contributed by atoms with Crippen LogP contribution in [-0.4, -0.2) is 52.8 Å². The van der Waals surface area contributed by atoms with Crippen molar-refractivity contribution in [2.75, 3.05) is 42.0 Å². The fraction of sp³-hybridized carbons (Fsp3) is 0.350. The smallest absolute Gasteiger partial charge is 0.254 e. The molecule has 0 spiro atoms. The zero-order valence-corrected chi connectivity index (χ0v) is 15.7. The number of hydrogen-bond donors (Lipinski definition) is 0. The van der Waals surface area contributed by atoms with Gasteiger partial charge in [0.25, 0.3) is 5.91 Å². The summed E-state index contributed by atoms with van der Waals surface area (Å²) in [6, 6.07) is 7.44. The summed E-state index contributed by atoms with van der Waals surface area (Å²) in [6.45, 7) is 0.673. The number of amides is 1. The fourth-order valence-electron chi connectivity index (χ4n) is 3.34. The summed E-state index contributed by atoms with van der Waals surface area (Å²) >= 11 is 0. The van der Waals surface area contributed by atoms with Gasteiger partial charge in [-0.1, -0.05) is 6.07 Å². The van der Waals surface area contributed by atoms with Crippen LogP contribution in [0.4, 0.5) is 0 Å². The second kappa shape index (κ2) is 7.15. The van der Waals surface area contributed by atoms with Crippen LogP contribution in [-0.2, 0) is 6.42 Å². The number of methoxy groups -OCH3 is 4. The number of carbonyl (C=O) groups excluding carboxylic acids is 1. The first-order valence-electron chi connectivity index (χ1n) is 8.31. The van der Waals surface area contributed by atoms with E-state index < -0.39 is 0 Å². The van der Waals surface area contributed by atoms with E-state index in [0.29, 0.717) is 40.7 Å². The Kier molecular flexibility index (Phi) is 4.93. The molecule has 1 aliphatic heterocycles. The van der Waals surface area contributed by atoms with Gasteiger partial charge in [-0.3, -0.25) is 4.79 Å². The van der Waals surface area contributed by atoms with E-state index in [4.69, 9.17) is 18.9 Å². The summed E-state index contributed by atoms with van der Waals surface area (Å²) < 4.78 is 21.9. The lowest BCUT2D eigenvalue weighted by molar-refractivity contribution is 0.0781. The van der Waals surface area contributed by atoms with Crippen LogP contribution in [0.3, 0.4) is 0 Å². The van der Waals surface area contributed by atoms with Gasteiger partial charge in [0, 0.05) is 19.2 Å². The molecule has 2 aromatic rings. The Balaban J connectivity index is 2.33. The second-order valence-corrected chi connectivity index (χ2v) is 6.07. The minimum Gasteiger partial charge on any atom is -0.493 e.